The second-order valence-electron chi connectivity index (χ2n) is 7.16. The molecule has 0 spiro atoms. The average Bonchev–Trinajstić information content (AvgIpc) is 3.11. The van der Waals surface area contributed by atoms with Crippen LogP contribution in [0.3, 0.4) is 0 Å². The third kappa shape index (κ3) is 3.13. The van der Waals surface area contributed by atoms with E-state index in [2.05, 4.69) is 15.1 Å². The van der Waals surface area contributed by atoms with Gasteiger partial charge in [0.2, 0.25) is 5.43 Å². The summed E-state index contributed by atoms with van der Waals surface area (Å²) in [5.41, 5.74) is 6.52. The van der Waals surface area contributed by atoms with E-state index in [0.29, 0.717) is 20.3 Å². The second kappa shape index (κ2) is 7.62. The summed E-state index contributed by atoms with van der Waals surface area (Å²) < 4.78 is 36.3. The van der Waals surface area contributed by atoms with Crippen LogP contribution in [0.2, 0.25) is 0 Å². The number of fused-ring (bicyclic) bond motifs is 2. The highest BCUT2D eigenvalue weighted by atomic mass is 127. The van der Waals surface area contributed by atoms with Gasteiger partial charge in [-0.3, -0.25) is 4.79 Å². The molecule has 160 valence electrons. The fourth-order valence-corrected chi connectivity index (χ4v) is 4.48. The Balaban J connectivity index is 1.84. The average molecular weight is 545 g/mol. The molecule has 0 radical (unpaired) electrons. The van der Waals surface area contributed by atoms with Crippen molar-refractivity contribution in [2.24, 2.45) is 0 Å². The van der Waals surface area contributed by atoms with Crippen molar-refractivity contribution in [1.82, 2.24) is 19.7 Å². The van der Waals surface area contributed by atoms with Gasteiger partial charge in [-0.05, 0) is 59.3 Å². The summed E-state index contributed by atoms with van der Waals surface area (Å²) in [6.07, 6.45) is 1.32. The van der Waals surface area contributed by atoms with Crippen LogP contribution < -0.4 is 11.2 Å². The van der Waals surface area contributed by atoms with Gasteiger partial charge in [-0.25, -0.2) is 23.4 Å². The molecule has 7 nitrogen and oxygen atoms in total. The molecule has 5 aromatic rings. The van der Waals surface area contributed by atoms with Crippen molar-refractivity contribution in [3.63, 3.8) is 0 Å². The molecule has 0 aliphatic carbocycles. The van der Waals surface area contributed by atoms with Crippen molar-refractivity contribution in [2.75, 3.05) is 5.73 Å². The maximum atomic E-state index is 14.5. The lowest BCUT2D eigenvalue weighted by molar-refractivity contribution is 0.443. The first-order valence-electron chi connectivity index (χ1n) is 9.52. The maximum Gasteiger partial charge on any atom is 0.203 e. The van der Waals surface area contributed by atoms with Crippen LogP contribution in [0.15, 0.2) is 58.0 Å². The largest absolute Gasteiger partial charge is 0.458 e. The van der Waals surface area contributed by atoms with E-state index >= 15 is 0 Å². The standard InChI is InChI=1S/C22H14F2IN5O2/c1-10(30-22-17(20(25)29-30)21(26)27-9-28-22)19-15(11-5-7-12(23)8-6-11)18(31)16-13(24)3-2-4-14(16)32-19/h2-10H,1H3,(H2,26,27,28). The minimum atomic E-state index is -0.696. The van der Waals surface area contributed by atoms with E-state index in [4.69, 9.17) is 10.2 Å². The Labute approximate surface area is 193 Å². The summed E-state index contributed by atoms with van der Waals surface area (Å²) in [6.45, 7) is 1.78. The highest BCUT2D eigenvalue weighted by Crippen LogP contribution is 2.34. The fraction of sp³-hybridized carbons (Fsp3) is 0.0909. The molecule has 0 aliphatic heterocycles. The summed E-state index contributed by atoms with van der Waals surface area (Å²) in [5.74, 6) is -0.644. The smallest absolute Gasteiger partial charge is 0.203 e. The van der Waals surface area contributed by atoms with E-state index in [9.17, 15) is 13.6 Å². The Kier molecular flexibility index (Phi) is 4.88. The van der Waals surface area contributed by atoms with E-state index in [0.717, 1.165) is 0 Å². The third-order valence-electron chi connectivity index (χ3n) is 5.25. The van der Waals surface area contributed by atoms with Crippen molar-refractivity contribution >= 4 is 50.4 Å². The van der Waals surface area contributed by atoms with Crippen LogP contribution in [-0.2, 0) is 0 Å². The quantitative estimate of drug-likeness (QED) is 0.331. The molecule has 0 saturated heterocycles. The predicted molar refractivity (Wildman–Crippen MR) is 124 cm³/mol. The van der Waals surface area contributed by atoms with Crippen molar-refractivity contribution in [3.05, 3.63) is 80.1 Å². The fourth-order valence-electron chi connectivity index (χ4n) is 3.73. The number of aromatic nitrogens is 4. The van der Waals surface area contributed by atoms with Gasteiger partial charge >= 0.3 is 0 Å². The highest BCUT2D eigenvalue weighted by molar-refractivity contribution is 14.1. The summed E-state index contributed by atoms with van der Waals surface area (Å²) in [4.78, 5) is 21.8. The molecule has 0 fully saturated rings. The third-order valence-corrected chi connectivity index (χ3v) is 6.01. The minimum Gasteiger partial charge on any atom is -0.458 e. The monoisotopic (exact) mass is 545 g/mol. The van der Waals surface area contributed by atoms with Crippen LogP contribution in [0.1, 0.15) is 18.7 Å². The molecule has 3 aromatic heterocycles. The minimum absolute atomic E-state index is 0.100. The van der Waals surface area contributed by atoms with Crippen LogP contribution in [0, 0.1) is 15.3 Å². The van der Waals surface area contributed by atoms with Gasteiger partial charge in [-0.15, -0.1) is 0 Å². The summed E-state index contributed by atoms with van der Waals surface area (Å²) in [7, 11) is 0. The van der Waals surface area contributed by atoms with Crippen LogP contribution >= 0.6 is 22.6 Å². The number of nitrogens with two attached hydrogens (primary N) is 1. The number of anilines is 1. The molecule has 10 heteroatoms. The van der Waals surface area contributed by atoms with Crippen molar-refractivity contribution < 1.29 is 13.2 Å². The van der Waals surface area contributed by atoms with Crippen LogP contribution in [-0.4, -0.2) is 19.7 Å². The van der Waals surface area contributed by atoms with E-state index in [1.807, 2.05) is 22.6 Å². The maximum absolute atomic E-state index is 14.5. The van der Waals surface area contributed by atoms with Gasteiger partial charge in [-0.1, -0.05) is 18.2 Å². The molecule has 32 heavy (non-hydrogen) atoms. The van der Waals surface area contributed by atoms with Crippen LogP contribution in [0.25, 0.3) is 33.1 Å². The highest BCUT2D eigenvalue weighted by Gasteiger charge is 2.26. The van der Waals surface area contributed by atoms with Crippen molar-refractivity contribution in [1.29, 1.82) is 0 Å². The number of nitrogens with zero attached hydrogens (tertiary/aromatic N) is 4. The lowest BCUT2D eigenvalue weighted by Crippen LogP contribution is -2.17. The molecular formula is C22H14F2IN5O2. The Morgan fingerprint density at radius 2 is 1.84 bits per heavy atom. The number of rotatable bonds is 3. The Morgan fingerprint density at radius 1 is 1.09 bits per heavy atom. The first-order chi connectivity index (χ1) is 15.4. The van der Waals surface area contributed by atoms with Gasteiger partial charge in [0.05, 0.1) is 10.9 Å². The van der Waals surface area contributed by atoms with Gasteiger partial charge in [0.15, 0.2) is 5.65 Å². The van der Waals surface area contributed by atoms with Gasteiger partial charge < -0.3 is 10.2 Å². The molecule has 0 saturated carbocycles. The zero-order valence-corrected chi connectivity index (χ0v) is 18.7. The Hall–Kier alpha value is -3.41. The zero-order chi connectivity index (χ0) is 22.6. The second-order valence-corrected chi connectivity index (χ2v) is 8.18. The number of halogens is 3. The van der Waals surface area contributed by atoms with Crippen molar-refractivity contribution in [3.8, 4) is 11.1 Å². The predicted octanol–water partition coefficient (Wildman–Crippen LogP) is 4.67. The van der Waals surface area contributed by atoms with Gasteiger partial charge in [0.25, 0.3) is 0 Å². The molecule has 2 aromatic carbocycles. The van der Waals surface area contributed by atoms with Crippen LogP contribution in [0.5, 0.6) is 0 Å². The molecule has 5 rings (SSSR count). The summed E-state index contributed by atoms with van der Waals surface area (Å²) in [5, 5.41) is 4.94. The molecule has 0 amide bonds. The topological polar surface area (TPSA) is 99.8 Å². The van der Waals surface area contributed by atoms with E-state index in [-0.39, 0.29) is 28.1 Å². The molecule has 2 N–H and O–H groups in total. The molecule has 0 aliphatic rings. The van der Waals surface area contributed by atoms with E-state index < -0.39 is 23.1 Å². The Bertz CT molecular complexity index is 1560. The number of nitrogen functional groups attached to an aromatic ring is 1. The molecule has 1 atom stereocenters. The molecule has 3 heterocycles. The zero-order valence-electron chi connectivity index (χ0n) is 16.5. The van der Waals surface area contributed by atoms with E-state index in [1.54, 1.807) is 11.6 Å². The Morgan fingerprint density at radius 3 is 2.59 bits per heavy atom. The first-order valence-corrected chi connectivity index (χ1v) is 10.6. The molecule has 1 unspecified atom stereocenters. The van der Waals surface area contributed by atoms with Gasteiger partial charge in [-0.2, -0.15) is 5.10 Å². The number of benzene rings is 2. The van der Waals surface area contributed by atoms with Crippen LogP contribution in [0.4, 0.5) is 14.6 Å². The van der Waals surface area contributed by atoms with E-state index in [1.165, 1.54) is 48.8 Å². The van der Waals surface area contributed by atoms with Crippen molar-refractivity contribution in [2.45, 2.75) is 13.0 Å². The lowest BCUT2D eigenvalue weighted by atomic mass is 9.99. The SMILES string of the molecule is CC(c1oc2cccc(F)c2c(=O)c1-c1ccc(F)cc1)n1nc(I)c2c(N)ncnc21. The summed E-state index contributed by atoms with van der Waals surface area (Å²) >= 11 is 2.03. The normalized spacial score (nSPS) is 12.5. The lowest BCUT2D eigenvalue weighted by Gasteiger charge is -2.17. The summed E-state index contributed by atoms with van der Waals surface area (Å²) in [6, 6.07) is 8.92. The molecule has 0 bridgehead atoms. The first kappa shape index (κ1) is 20.5. The van der Waals surface area contributed by atoms with Gasteiger partial charge in [0, 0.05) is 0 Å². The van der Waals surface area contributed by atoms with Gasteiger partial charge in [0.1, 0.15) is 50.3 Å². The molecular weight excluding hydrogens is 531 g/mol. The number of hydrogen-bond donors (Lipinski definition) is 1. The number of hydrogen-bond acceptors (Lipinski definition) is 6.